The second-order valence-corrected chi connectivity index (χ2v) is 6.27. The van der Waals surface area contributed by atoms with Crippen LogP contribution in [0.1, 0.15) is 29.8 Å². The van der Waals surface area contributed by atoms with Crippen LogP contribution in [-0.4, -0.2) is 15.7 Å². The van der Waals surface area contributed by atoms with Gasteiger partial charge in [0.1, 0.15) is 17.5 Å². The van der Waals surface area contributed by atoms with Crippen LogP contribution in [0.5, 0.6) is 0 Å². The van der Waals surface area contributed by atoms with Crippen molar-refractivity contribution >= 4 is 12.0 Å². The highest BCUT2D eigenvalue weighted by molar-refractivity contribution is 5.92. The lowest BCUT2D eigenvalue weighted by molar-refractivity contribution is -0.117. The van der Waals surface area contributed by atoms with Crippen LogP contribution < -0.4 is 5.32 Å². The molecule has 0 aliphatic heterocycles. The van der Waals surface area contributed by atoms with Gasteiger partial charge in [-0.3, -0.25) is 4.79 Å². The molecule has 2 aromatic carbocycles. The highest BCUT2D eigenvalue weighted by atomic mass is 19.1. The number of amides is 1. The number of hydrogen-bond donors (Lipinski definition) is 1. The van der Waals surface area contributed by atoms with Crippen LogP contribution in [0, 0.1) is 24.4 Å². The Morgan fingerprint density at radius 3 is 2.39 bits per heavy atom. The molecule has 3 aromatic rings. The number of nitrogens with one attached hydrogen (secondary N) is 1. The predicted molar refractivity (Wildman–Crippen MR) is 100 cm³/mol. The Kier molecular flexibility index (Phi) is 5.63. The van der Waals surface area contributed by atoms with Crippen LogP contribution in [0.4, 0.5) is 13.2 Å². The zero-order valence-electron chi connectivity index (χ0n) is 15.3. The maximum Gasteiger partial charge on any atom is 0.244 e. The van der Waals surface area contributed by atoms with Crippen LogP contribution in [0.25, 0.3) is 11.8 Å². The maximum atomic E-state index is 13.6. The van der Waals surface area contributed by atoms with E-state index in [2.05, 4.69) is 10.4 Å². The minimum Gasteiger partial charge on any atom is -0.346 e. The lowest BCUT2D eigenvalue weighted by Gasteiger charge is -2.13. The van der Waals surface area contributed by atoms with Gasteiger partial charge in [0.25, 0.3) is 0 Å². The zero-order chi connectivity index (χ0) is 20.3. The summed E-state index contributed by atoms with van der Waals surface area (Å²) in [7, 11) is 0. The summed E-state index contributed by atoms with van der Waals surface area (Å²) in [6, 6.07) is 9.00. The second kappa shape index (κ2) is 8.12. The Labute approximate surface area is 160 Å². The molecule has 28 heavy (non-hydrogen) atoms. The third-order valence-corrected chi connectivity index (χ3v) is 4.35. The van der Waals surface area contributed by atoms with E-state index in [0.29, 0.717) is 5.69 Å². The monoisotopic (exact) mass is 385 g/mol. The lowest BCUT2D eigenvalue weighted by atomic mass is 10.1. The SMILES string of the molecule is Cc1c(C(C)NC(=O)C=Cc2c(F)cccc2F)cnn1-c1ccc(F)cc1. The first-order valence-corrected chi connectivity index (χ1v) is 8.60. The molecule has 144 valence electrons. The summed E-state index contributed by atoms with van der Waals surface area (Å²) in [5.74, 6) is -2.32. The molecular weight excluding hydrogens is 367 g/mol. The molecule has 1 amide bonds. The van der Waals surface area contributed by atoms with Gasteiger partial charge < -0.3 is 5.32 Å². The van der Waals surface area contributed by atoms with Crippen LogP contribution in [0.3, 0.4) is 0 Å². The van der Waals surface area contributed by atoms with E-state index >= 15 is 0 Å². The van der Waals surface area contributed by atoms with Gasteiger partial charge in [0.05, 0.1) is 17.9 Å². The van der Waals surface area contributed by atoms with Gasteiger partial charge in [-0.05, 0) is 56.3 Å². The van der Waals surface area contributed by atoms with Crippen LogP contribution in [-0.2, 0) is 4.79 Å². The van der Waals surface area contributed by atoms with Crippen molar-refractivity contribution in [3.8, 4) is 5.69 Å². The largest absolute Gasteiger partial charge is 0.346 e. The number of aromatic nitrogens is 2. The molecule has 7 heteroatoms. The molecule has 4 nitrogen and oxygen atoms in total. The summed E-state index contributed by atoms with van der Waals surface area (Å²) >= 11 is 0. The maximum absolute atomic E-state index is 13.6. The minimum atomic E-state index is -0.742. The molecule has 0 aliphatic carbocycles. The number of nitrogens with zero attached hydrogens (tertiary/aromatic N) is 2. The minimum absolute atomic E-state index is 0.273. The molecule has 0 radical (unpaired) electrons. The Bertz CT molecular complexity index is 1010. The Hall–Kier alpha value is -3.35. The summed E-state index contributed by atoms with van der Waals surface area (Å²) in [6.07, 6.45) is 3.79. The van der Waals surface area contributed by atoms with Crippen LogP contribution in [0.2, 0.25) is 0 Å². The molecular formula is C21H18F3N3O. The summed E-state index contributed by atoms with van der Waals surface area (Å²) in [5, 5.41) is 7.02. The molecule has 1 aromatic heterocycles. The number of halogens is 3. The van der Waals surface area contributed by atoms with Gasteiger partial charge in [-0.2, -0.15) is 5.10 Å². The van der Waals surface area contributed by atoms with Gasteiger partial charge in [-0.1, -0.05) is 6.07 Å². The molecule has 0 aliphatic rings. The Morgan fingerprint density at radius 2 is 1.75 bits per heavy atom. The molecule has 0 saturated carbocycles. The Morgan fingerprint density at radius 1 is 1.11 bits per heavy atom. The van der Waals surface area contributed by atoms with E-state index in [0.717, 1.165) is 35.5 Å². The summed E-state index contributed by atoms with van der Waals surface area (Å²) in [5.41, 5.74) is 1.97. The highest BCUT2D eigenvalue weighted by Gasteiger charge is 2.16. The first-order chi connectivity index (χ1) is 13.4. The standard InChI is InChI=1S/C21H18F3N3O/c1-13(26-21(28)11-10-17-19(23)4-3-5-20(17)24)18-12-25-27(14(18)2)16-8-6-15(22)7-9-16/h3-13H,1-2H3,(H,26,28). The summed E-state index contributed by atoms with van der Waals surface area (Å²) in [6.45, 7) is 3.60. The number of carbonyl (C=O) groups excluding carboxylic acids is 1. The van der Waals surface area contributed by atoms with E-state index in [1.165, 1.54) is 18.2 Å². The third kappa shape index (κ3) is 4.14. The van der Waals surface area contributed by atoms with E-state index in [9.17, 15) is 18.0 Å². The van der Waals surface area contributed by atoms with Crippen molar-refractivity contribution < 1.29 is 18.0 Å². The summed E-state index contributed by atoms with van der Waals surface area (Å²) in [4.78, 5) is 12.1. The van der Waals surface area contributed by atoms with Crippen molar-refractivity contribution in [2.24, 2.45) is 0 Å². The average molecular weight is 385 g/mol. The summed E-state index contributed by atoms with van der Waals surface area (Å²) < 4.78 is 42.0. The lowest BCUT2D eigenvalue weighted by Crippen LogP contribution is -2.25. The molecule has 1 N–H and O–H groups in total. The van der Waals surface area contributed by atoms with Gasteiger partial charge in [0.15, 0.2) is 0 Å². The third-order valence-electron chi connectivity index (χ3n) is 4.35. The van der Waals surface area contributed by atoms with Gasteiger partial charge in [-0.25, -0.2) is 17.9 Å². The van der Waals surface area contributed by atoms with E-state index in [4.69, 9.17) is 0 Å². The molecule has 0 spiro atoms. The van der Waals surface area contributed by atoms with Crippen molar-refractivity contribution in [3.05, 3.63) is 89.0 Å². The van der Waals surface area contributed by atoms with Crippen molar-refractivity contribution in [2.45, 2.75) is 19.9 Å². The molecule has 0 saturated heterocycles. The fourth-order valence-corrected chi connectivity index (χ4v) is 2.86. The number of hydrogen-bond acceptors (Lipinski definition) is 2. The number of rotatable bonds is 5. The number of carbonyl (C=O) groups is 1. The quantitative estimate of drug-likeness (QED) is 0.658. The van der Waals surface area contributed by atoms with E-state index in [-0.39, 0.29) is 11.4 Å². The van der Waals surface area contributed by atoms with Crippen molar-refractivity contribution in [1.29, 1.82) is 0 Å². The van der Waals surface area contributed by atoms with Crippen molar-refractivity contribution in [2.75, 3.05) is 0 Å². The number of benzene rings is 2. The average Bonchev–Trinajstić information content (AvgIpc) is 3.03. The van der Waals surface area contributed by atoms with Gasteiger partial charge >= 0.3 is 0 Å². The van der Waals surface area contributed by atoms with Crippen LogP contribution >= 0.6 is 0 Å². The van der Waals surface area contributed by atoms with Gasteiger partial charge in [0, 0.05) is 22.9 Å². The second-order valence-electron chi connectivity index (χ2n) is 6.27. The zero-order valence-corrected chi connectivity index (χ0v) is 15.3. The van der Waals surface area contributed by atoms with Crippen molar-refractivity contribution in [3.63, 3.8) is 0 Å². The van der Waals surface area contributed by atoms with Gasteiger partial charge in [0.2, 0.25) is 5.91 Å². The van der Waals surface area contributed by atoms with E-state index < -0.39 is 23.6 Å². The smallest absolute Gasteiger partial charge is 0.244 e. The first kappa shape index (κ1) is 19.4. The first-order valence-electron chi connectivity index (χ1n) is 8.60. The molecule has 1 heterocycles. The topological polar surface area (TPSA) is 46.9 Å². The van der Waals surface area contributed by atoms with Crippen molar-refractivity contribution in [1.82, 2.24) is 15.1 Å². The fourth-order valence-electron chi connectivity index (χ4n) is 2.86. The van der Waals surface area contributed by atoms with Gasteiger partial charge in [-0.15, -0.1) is 0 Å². The molecule has 1 atom stereocenters. The molecule has 0 bridgehead atoms. The predicted octanol–water partition coefficient (Wildman–Crippen LogP) is 4.49. The molecule has 1 unspecified atom stereocenters. The Balaban J connectivity index is 1.73. The molecule has 0 fully saturated rings. The van der Waals surface area contributed by atoms with E-state index in [1.54, 1.807) is 29.9 Å². The van der Waals surface area contributed by atoms with E-state index in [1.807, 2.05) is 6.92 Å². The molecule has 3 rings (SSSR count). The van der Waals surface area contributed by atoms with Crippen LogP contribution in [0.15, 0.2) is 54.7 Å². The fraction of sp³-hybridized carbons (Fsp3) is 0.143. The normalized spacial score (nSPS) is 12.3. The highest BCUT2D eigenvalue weighted by Crippen LogP contribution is 2.20.